The van der Waals surface area contributed by atoms with Crippen molar-refractivity contribution in [1.82, 2.24) is 4.98 Å². The maximum atomic E-state index is 11.9. The highest BCUT2D eigenvalue weighted by molar-refractivity contribution is 5.92. The Labute approximate surface area is 130 Å². The molecule has 116 valence electrons. The van der Waals surface area contributed by atoms with Gasteiger partial charge in [0.25, 0.3) is 5.91 Å². The molecule has 0 saturated carbocycles. The Bertz CT molecular complexity index is 669. The molecule has 5 heteroatoms. The molecule has 0 aliphatic heterocycles. The van der Waals surface area contributed by atoms with Crippen LogP contribution in [0.4, 0.5) is 5.82 Å². The zero-order valence-corrected chi connectivity index (χ0v) is 13.0. The number of nitrogens with one attached hydrogen (secondary N) is 1. The summed E-state index contributed by atoms with van der Waals surface area (Å²) in [6, 6.07) is 9.03. The summed E-state index contributed by atoms with van der Waals surface area (Å²) in [5.74, 6) is 0.759. The maximum absolute atomic E-state index is 11.9. The first-order chi connectivity index (χ1) is 10.5. The van der Waals surface area contributed by atoms with Gasteiger partial charge in [-0.1, -0.05) is 26.0 Å². The number of rotatable bonds is 5. The highest BCUT2D eigenvalue weighted by Gasteiger charge is 2.10. The predicted molar refractivity (Wildman–Crippen MR) is 85.3 cm³/mol. The van der Waals surface area contributed by atoms with Crippen LogP contribution in [-0.4, -0.2) is 22.6 Å². The normalized spacial score (nSPS) is 10.5. The van der Waals surface area contributed by atoms with Crippen molar-refractivity contribution in [3.63, 3.8) is 0 Å². The van der Waals surface area contributed by atoms with E-state index in [1.807, 2.05) is 19.1 Å². The number of hydrogen-bond donors (Lipinski definition) is 2. The number of benzene rings is 1. The van der Waals surface area contributed by atoms with Gasteiger partial charge in [0.1, 0.15) is 5.75 Å². The summed E-state index contributed by atoms with van der Waals surface area (Å²) in [6.07, 6.45) is 1.49. The number of carbonyl (C=O) groups is 1. The third-order valence-electron chi connectivity index (χ3n) is 3.28. The van der Waals surface area contributed by atoms with Crippen LogP contribution in [0.2, 0.25) is 0 Å². The SMILES string of the molecule is Cc1ccc(C(C)C)cc1OCC(=O)Nc1ncccc1O. The van der Waals surface area contributed by atoms with E-state index in [0.717, 1.165) is 11.1 Å². The van der Waals surface area contributed by atoms with Gasteiger partial charge in [-0.3, -0.25) is 4.79 Å². The van der Waals surface area contributed by atoms with Crippen LogP contribution in [0.3, 0.4) is 0 Å². The average Bonchev–Trinajstić information content (AvgIpc) is 2.48. The number of anilines is 1. The molecule has 0 saturated heterocycles. The summed E-state index contributed by atoms with van der Waals surface area (Å²) < 4.78 is 5.58. The van der Waals surface area contributed by atoms with E-state index in [-0.39, 0.29) is 24.1 Å². The summed E-state index contributed by atoms with van der Waals surface area (Å²) >= 11 is 0. The second-order valence-electron chi connectivity index (χ2n) is 5.39. The molecule has 0 aliphatic carbocycles. The average molecular weight is 300 g/mol. The number of aromatic nitrogens is 1. The fourth-order valence-electron chi connectivity index (χ4n) is 1.94. The van der Waals surface area contributed by atoms with E-state index in [2.05, 4.69) is 30.2 Å². The lowest BCUT2D eigenvalue weighted by atomic mass is 10.0. The number of ether oxygens (including phenoxy) is 1. The van der Waals surface area contributed by atoms with E-state index in [0.29, 0.717) is 11.7 Å². The number of aryl methyl sites for hydroxylation is 1. The number of hydrogen-bond acceptors (Lipinski definition) is 4. The van der Waals surface area contributed by atoms with Gasteiger partial charge in [-0.15, -0.1) is 0 Å². The Hall–Kier alpha value is -2.56. The molecule has 0 unspecified atom stereocenters. The Morgan fingerprint density at radius 2 is 2.14 bits per heavy atom. The van der Waals surface area contributed by atoms with Crippen molar-refractivity contribution in [2.45, 2.75) is 26.7 Å². The summed E-state index contributed by atoms with van der Waals surface area (Å²) in [4.78, 5) is 15.8. The van der Waals surface area contributed by atoms with Crippen LogP contribution in [0.5, 0.6) is 11.5 Å². The van der Waals surface area contributed by atoms with Crippen molar-refractivity contribution in [3.8, 4) is 11.5 Å². The Morgan fingerprint density at radius 1 is 1.36 bits per heavy atom. The molecular formula is C17H20N2O3. The van der Waals surface area contributed by atoms with Crippen LogP contribution >= 0.6 is 0 Å². The second kappa shape index (κ2) is 6.93. The van der Waals surface area contributed by atoms with Gasteiger partial charge in [-0.25, -0.2) is 4.98 Å². The Kier molecular flexibility index (Phi) is 4.99. The standard InChI is InChI=1S/C17H20N2O3/c1-11(2)13-7-6-12(3)15(9-13)22-10-16(21)19-17-14(20)5-4-8-18-17/h4-9,11,20H,10H2,1-3H3,(H,18,19,21). The molecule has 2 rings (SSSR count). The van der Waals surface area contributed by atoms with E-state index < -0.39 is 0 Å². The number of nitrogens with zero attached hydrogens (tertiary/aromatic N) is 1. The minimum atomic E-state index is -0.372. The van der Waals surface area contributed by atoms with Crippen LogP contribution < -0.4 is 10.1 Å². The van der Waals surface area contributed by atoms with Crippen molar-refractivity contribution in [1.29, 1.82) is 0 Å². The molecule has 0 fully saturated rings. The monoisotopic (exact) mass is 300 g/mol. The molecule has 1 heterocycles. The van der Waals surface area contributed by atoms with E-state index in [1.165, 1.54) is 12.3 Å². The molecule has 22 heavy (non-hydrogen) atoms. The highest BCUT2D eigenvalue weighted by Crippen LogP contribution is 2.24. The fraction of sp³-hybridized carbons (Fsp3) is 0.294. The number of aromatic hydroxyl groups is 1. The smallest absolute Gasteiger partial charge is 0.263 e. The summed E-state index contributed by atoms with van der Waals surface area (Å²) in [6.45, 7) is 6.00. The quantitative estimate of drug-likeness (QED) is 0.889. The molecular weight excluding hydrogens is 280 g/mol. The van der Waals surface area contributed by atoms with E-state index in [4.69, 9.17) is 4.74 Å². The van der Waals surface area contributed by atoms with E-state index in [1.54, 1.807) is 6.07 Å². The zero-order valence-electron chi connectivity index (χ0n) is 13.0. The van der Waals surface area contributed by atoms with Gasteiger partial charge >= 0.3 is 0 Å². The van der Waals surface area contributed by atoms with Gasteiger partial charge in [-0.05, 0) is 42.2 Å². The third kappa shape index (κ3) is 3.97. The fourth-order valence-corrected chi connectivity index (χ4v) is 1.94. The van der Waals surface area contributed by atoms with Crippen LogP contribution in [0.1, 0.15) is 30.9 Å². The van der Waals surface area contributed by atoms with Gasteiger partial charge in [-0.2, -0.15) is 0 Å². The number of carbonyl (C=O) groups excluding carboxylic acids is 1. The molecule has 0 radical (unpaired) electrons. The first kappa shape index (κ1) is 15.8. The molecule has 0 aliphatic rings. The van der Waals surface area contributed by atoms with Gasteiger partial charge in [0, 0.05) is 6.20 Å². The minimum Gasteiger partial charge on any atom is -0.504 e. The largest absolute Gasteiger partial charge is 0.504 e. The Balaban J connectivity index is 1.99. The molecule has 2 aromatic rings. The molecule has 1 aromatic heterocycles. The van der Waals surface area contributed by atoms with Crippen LogP contribution in [0.25, 0.3) is 0 Å². The zero-order chi connectivity index (χ0) is 16.1. The predicted octanol–water partition coefficient (Wildman–Crippen LogP) is 3.24. The van der Waals surface area contributed by atoms with Crippen molar-refractivity contribution in [3.05, 3.63) is 47.7 Å². The first-order valence-corrected chi connectivity index (χ1v) is 7.14. The van der Waals surface area contributed by atoms with Crippen molar-refractivity contribution in [2.75, 3.05) is 11.9 Å². The molecule has 1 aromatic carbocycles. The van der Waals surface area contributed by atoms with Crippen molar-refractivity contribution in [2.24, 2.45) is 0 Å². The molecule has 0 atom stereocenters. The van der Waals surface area contributed by atoms with E-state index >= 15 is 0 Å². The lowest BCUT2D eigenvalue weighted by molar-refractivity contribution is -0.118. The molecule has 5 nitrogen and oxygen atoms in total. The summed E-state index contributed by atoms with van der Waals surface area (Å²) in [7, 11) is 0. The minimum absolute atomic E-state index is 0.0752. The molecule has 1 amide bonds. The lowest BCUT2D eigenvalue weighted by Crippen LogP contribution is -2.21. The van der Waals surface area contributed by atoms with Crippen LogP contribution in [0.15, 0.2) is 36.5 Å². The lowest BCUT2D eigenvalue weighted by Gasteiger charge is -2.13. The van der Waals surface area contributed by atoms with Crippen LogP contribution in [-0.2, 0) is 4.79 Å². The molecule has 2 N–H and O–H groups in total. The van der Waals surface area contributed by atoms with Crippen molar-refractivity contribution >= 4 is 11.7 Å². The van der Waals surface area contributed by atoms with E-state index in [9.17, 15) is 9.90 Å². The highest BCUT2D eigenvalue weighted by atomic mass is 16.5. The topological polar surface area (TPSA) is 71.5 Å². The Morgan fingerprint density at radius 3 is 2.82 bits per heavy atom. The summed E-state index contributed by atoms with van der Waals surface area (Å²) in [5, 5.41) is 12.1. The number of pyridine rings is 1. The third-order valence-corrected chi connectivity index (χ3v) is 3.28. The van der Waals surface area contributed by atoms with Crippen molar-refractivity contribution < 1.29 is 14.6 Å². The van der Waals surface area contributed by atoms with Gasteiger partial charge in [0.2, 0.25) is 0 Å². The maximum Gasteiger partial charge on any atom is 0.263 e. The summed E-state index contributed by atoms with van der Waals surface area (Å²) in [5.41, 5.74) is 2.13. The van der Waals surface area contributed by atoms with Gasteiger partial charge in [0.15, 0.2) is 18.2 Å². The van der Waals surface area contributed by atoms with Gasteiger partial charge in [0.05, 0.1) is 0 Å². The number of amides is 1. The van der Waals surface area contributed by atoms with Crippen LogP contribution in [0, 0.1) is 6.92 Å². The molecule has 0 spiro atoms. The first-order valence-electron chi connectivity index (χ1n) is 7.14. The molecule has 0 bridgehead atoms. The second-order valence-corrected chi connectivity index (χ2v) is 5.39. The van der Waals surface area contributed by atoms with Gasteiger partial charge < -0.3 is 15.2 Å².